The molecule has 1 heteroatoms. The van der Waals surface area contributed by atoms with Crippen molar-refractivity contribution in [1.29, 1.82) is 0 Å². The minimum Gasteiger partial charge on any atom is -0.256 e. The predicted octanol–water partition coefficient (Wildman–Crippen LogP) is 11.3. The van der Waals surface area contributed by atoms with Crippen LogP contribution in [-0.2, 0) is 0 Å². The molecule has 0 unspecified atom stereocenters. The number of hydrogen-bond donors (Lipinski definition) is 0. The lowest BCUT2D eigenvalue weighted by molar-refractivity contribution is 1.35. The van der Waals surface area contributed by atoms with Crippen LogP contribution < -0.4 is 0 Å². The van der Waals surface area contributed by atoms with Crippen LogP contribution in [0.25, 0.3) is 109 Å². The lowest BCUT2D eigenvalue weighted by Crippen LogP contribution is -1.89. The first-order chi connectivity index (χ1) is 20.8. The lowest BCUT2D eigenvalue weighted by Gasteiger charge is -2.16. The zero-order chi connectivity index (χ0) is 27.1. The van der Waals surface area contributed by atoms with E-state index in [1.807, 2.05) is 12.3 Å². The molecular weight excluding hydrogens is 506 g/mol. The van der Waals surface area contributed by atoms with Crippen LogP contribution in [0.5, 0.6) is 0 Å². The molecule has 0 amide bonds. The molecule has 2 aliphatic rings. The third-order valence-corrected chi connectivity index (χ3v) is 9.94. The van der Waals surface area contributed by atoms with E-state index in [0.29, 0.717) is 0 Å². The van der Waals surface area contributed by atoms with Gasteiger partial charge in [-0.1, -0.05) is 103 Å². The maximum Gasteiger partial charge on any atom is 0.0787 e. The van der Waals surface area contributed by atoms with Crippen LogP contribution in [0, 0.1) is 0 Å². The Hall–Kier alpha value is -5.53. The van der Waals surface area contributed by atoms with Crippen LogP contribution in [0.2, 0.25) is 0 Å². The Bertz CT molecular complexity index is 2730. The summed E-state index contributed by atoms with van der Waals surface area (Å²) >= 11 is 0. The molecule has 0 spiro atoms. The predicted molar refractivity (Wildman–Crippen MR) is 178 cm³/mol. The summed E-state index contributed by atoms with van der Waals surface area (Å²) in [6.07, 6.45) is 1.92. The Morgan fingerprint density at radius 1 is 0.310 bits per heavy atom. The van der Waals surface area contributed by atoms with E-state index < -0.39 is 0 Å². The molecular formula is C41H21N. The molecule has 1 aromatic heterocycles. The van der Waals surface area contributed by atoms with Crippen molar-refractivity contribution in [3.63, 3.8) is 0 Å². The van der Waals surface area contributed by atoms with Crippen molar-refractivity contribution in [2.45, 2.75) is 0 Å². The van der Waals surface area contributed by atoms with Gasteiger partial charge in [-0.25, -0.2) is 0 Å². The van der Waals surface area contributed by atoms with Gasteiger partial charge in [0, 0.05) is 17.3 Å². The number of rotatable bonds is 1. The fourth-order valence-electron chi connectivity index (χ4n) is 8.25. The average Bonchev–Trinajstić information content (AvgIpc) is 3.57. The van der Waals surface area contributed by atoms with Crippen molar-refractivity contribution < 1.29 is 0 Å². The number of aromatic nitrogens is 1. The highest BCUT2D eigenvalue weighted by Crippen LogP contribution is 2.52. The number of nitrogens with zero attached hydrogens (tertiary/aromatic N) is 1. The van der Waals surface area contributed by atoms with Gasteiger partial charge in [0.05, 0.1) is 5.69 Å². The molecule has 0 fully saturated rings. The fraction of sp³-hybridized carbons (Fsp3) is 0. The fourth-order valence-corrected chi connectivity index (χ4v) is 8.25. The molecule has 0 saturated heterocycles. The Kier molecular flexibility index (Phi) is 3.65. The third kappa shape index (κ3) is 2.38. The molecule has 0 atom stereocenters. The number of hydrogen-bond acceptors (Lipinski definition) is 1. The van der Waals surface area contributed by atoms with E-state index in [-0.39, 0.29) is 0 Å². The third-order valence-electron chi connectivity index (χ3n) is 9.94. The van der Waals surface area contributed by atoms with Gasteiger partial charge in [0.15, 0.2) is 0 Å². The highest BCUT2D eigenvalue weighted by atomic mass is 14.7. The molecule has 0 aliphatic heterocycles. The van der Waals surface area contributed by atoms with Crippen molar-refractivity contribution in [2.75, 3.05) is 0 Å². The maximum absolute atomic E-state index is 4.84. The van der Waals surface area contributed by atoms with E-state index in [1.165, 1.54) is 104 Å². The smallest absolute Gasteiger partial charge is 0.0787 e. The number of fused-ring (bicyclic) bond motifs is 8. The summed E-state index contributed by atoms with van der Waals surface area (Å²) in [7, 11) is 0. The number of benzene rings is 8. The van der Waals surface area contributed by atoms with Crippen LogP contribution in [-0.4, -0.2) is 4.98 Å². The average molecular weight is 528 g/mol. The Balaban J connectivity index is 1.31. The second-order valence-corrected chi connectivity index (χ2v) is 11.8. The zero-order valence-electron chi connectivity index (χ0n) is 22.6. The van der Waals surface area contributed by atoms with Crippen LogP contribution in [0.3, 0.4) is 0 Å². The first kappa shape index (κ1) is 21.2. The lowest BCUT2D eigenvalue weighted by atomic mass is 9.87. The highest BCUT2D eigenvalue weighted by molar-refractivity contribution is 6.35. The van der Waals surface area contributed by atoms with Crippen molar-refractivity contribution in [2.24, 2.45) is 0 Å². The Morgan fingerprint density at radius 2 is 0.976 bits per heavy atom. The van der Waals surface area contributed by atoms with Gasteiger partial charge in [-0.05, 0) is 111 Å². The van der Waals surface area contributed by atoms with Crippen LogP contribution in [0.1, 0.15) is 0 Å². The maximum atomic E-state index is 4.84. The topological polar surface area (TPSA) is 12.9 Å². The van der Waals surface area contributed by atoms with Gasteiger partial charge in [0.1, 0.15) is 0 Å². The minimum atomic E-state index is 1.09. The standard InChI is InChI=1S/C41H21N/c1-2-8-25-24(7-1)33(20-35-29-11-4-10-28-32-12-5-19-42-41(32)36(39(28)29)21-34(25)35)26-17-18-31-27-9-3-6-22-13-14-23-15-16-30(26)40(31)38(23)37(22)27/h1-21H. The molecule has 11 rings (SSSR count). The van der Waals surface area contributed by atoms with Crippen LogP contribution in [0.4, 0.5) is 0 Å². The normalized spacial score (nSPS) is 12.8. The van der Waals surface area contributed by atoms with Crippen molar-refractivity contribution in [1.82, 2.24) is 4.98 Å². The monoisotopic (exact) mass is 527 g/mol. The van der Waals surface area contributed by atoms with Gasteiger partial charge >= 0.3 is 0 Å². The van der Waals surface area contributed by atoms with E-state index in [1.54, 1.807) is 0 Å². The van der Waals surface area contributed by atoms with Crippen molar-refractivity contribution in [3.05, 3.63) is 128 Å². The first-order valence-electron chi connectivity index (χ1n) is 14.6. The molecule has 1 heterocycles. The summed E-state index contributed by atoms with van der Waals surface area (Å²) in [4.78, 5) is 4.84. The summed E-state index contributed by atoms with van der Waals surface area (Å²) in [5, 5.41) is 15.9. The molecule has 9 aromatic rings. The van der Waals surface area contributed by atoms with E-state index in [9.17, 15) is 0 Å². The summed E-state index contributed by atoms with van der Waals surface area (Å²) in [5.74, 6) is 0. The van der Waals surface area contributed by atoms with Gasteiger partial charge in [0.25, 0.3) is 0 Å². The Labute approximate surface area is 241 Å². The quantitative estimate of drug-likeness (QED) is 0.193. The second kappa shape index (κ2) is 7.21. The second-order valence-electron chi connectivity index (χ2n) is 11.8. The van der Waals surface area contributed by atoms with Gasteiger partial charge in [-0.2, -0.15) is 0 Å². The molecule has 0 N–H and O–H groups in total. The van der Waals surface area contributed by atoms with E-state index in [4.69, 9.17) is 4.98 Å². The molecule has 8 aromatic carbocycles. The molecule has 190 valence electrons. The van der Waals surface area contributed by atoms with Crippen LogP contribution in [0.15, 0.2) is 128 Å². The minimum absolute atomic E-state index is 1.09. The van der Waals surface area contributed by atoms with E-state index >= 15 is 0 Å². The first-order valence-corrected chi connectivity index (χ1v) is 14.6. The largest absolute Gasteiger partial charge is 0.256 e. The van der Waals surface area contributed by atoms with Crippen LogP contribution >= 0.6 is 0 Å². The molecule has 0 radical (unpaired) electrons. The van der Waals surface area contributed by atoms with Gasteiger partial charge in [0.2, 0.25) is 0 Å². The number of pyridine rings is 1. The highest BCUT2D eigenvalue weighted by Gasteiger charge is 2.26. The molecule has 0 saturated carbocycles. The van der Waals surface area contributed by atoms with Gasteiger partial charge in [-0.3, -0.25) is 4.98 Å². The molecule has 2 aliphatic carbocycles. The molecule has 1 nitrogen and oxygen atoms in total. The summed E-state index contributed by atoms with van der Waals surface area (Å²) in [5.41, 5.74) is 10.2. The Morgan fingerprint density at radius 3 is 1.90 bits per heavy atom. The van der Waals surface area contributed by atoms with Crippen molar-refractivity contribution >= 4 is 64.6 Å². The summed E-state index contributed by atoms with van der Waals surface area (Å²) < 4.78 is 0. The SMILES string of the molecule is c1cnc2c(c1)-c1cccc3c1c-2cc1c2ccccc2c(-c2ccc4c5c2ccc2ccc6cccc-4c6c25)cc31. The van der Waals surface area contributed by atoms with Crippen molar-refractivity contribution in [3.8, 4) is 44.6 Å². The van der Waals surface area contributed by atoms with E-state index in [2.05, 4.69) is 115 Å². The molecule has 0 bridgehead atoms. The molecule has 42 heavy (non-hydrogen) atoms. The van der Waals surface area contributed by atoms with E-state index in [0.717, 1.165) is 5.69 Å². The van der Waals surface area contributed by atoms with Gasteiger partial charge in [-0.15, -0.1) is 0 Å². The summed E-state index contributed by atoms with van der Waals surface area (Å²) in [6.45, 7) is 0. The van der Waals surface area contributed by atoms with Gasteiger partial charge < -0.3 is 0 Å². The summed E-state index contributed by atoms with van der Waals surface area (Å²) in [6, 6.07) is 45.5. The zero-order valence-corrected chi connectivity index (χ0v) is 22.6.